The van der Waals surface area contributed by atoms with Crippen molar-refractivity contribution in [3.63, 3.8) is 0 Å². The smallest absolute Gasteiger partial charge is 0.175 e. The molecule has 0 radical (unpaired) electrons. The number of rotatable bonds is 1. The molecular weight excluding hydrogens is 232 g/mol. The van der Waals surface area contributed by atoms with E-state index in [2.05, 4.69) is 5.92 Å². The van der Waals surface area contributed by atoms with Gasteiger partial charge in [0.15, 0.2) is 9.84 Å². The van der Waals surface area contributed by atoms with Gasteiger partial charge in [-0.2, -0.15) is 0 Å². The lowest BCUT2D eigenvalue weighted by Crippen LogP contribution is -1.96. The lowest BCUT2D eigenvalue weighted by Gasteiger charge is -2.04. The maximum atomic E-state index is 11.0. The van der Waals surface area contributed by atoms with Crippen molar-refractivity contribution in [2.75, 3.05) is 6.26 Å². The molecule has 2 nitrogen and oxygen atoms in total. The van der Waals surface area contributed by atoms with Crippen molar-refractivity contribution in [1.82, 2.24) is 0 Å². The first-order chi connectivity index (χ1) is 8.00. The number of sulfone groups is 1. The Morgan fingerprint density at radius 1 is 1.29 bits per heavy atom. The fourth-order valence-electron chi connectivity index (χ4n) is 2.00. The monoisotopic (exact) mass is 248 g/mol. The van der Waals surface area contributed by atoms with Crippen LogP contribution in [0.1, 0.15) is 24.8 Å². The average molecular weight is 248 g/mol. The van der Waals surface area contributed by atoms with E-state index in [9.17, 15) is 8.42 Å². The SMILES string of the molecule is C#Cc1cccc(S(C)(=O)=O)c1.C1CC2CC12. The van der Waals surface area contributed by atoms with Crippen LogP contribution in [-0.4, -0.2) is 14.7 Å². The molecule has 17 heavy (non-hydrogen) atoms. The van der Waals surface area contributed by atoms with Crippen LogP contribution in [-0.2, 0) is 9.84 Å². The van der Waals surface area contributed by atoms with Crippen molar-refractivity contribution in [3.8, 4) is 12.3 Å². The first-order valence-electron chi connectivity index (χ1n) is 5.77. The summed E-state index contributed by atoms with van der Waals surface area (Å²) >= 11 is 0. The summed E-state index contributed by atoms with van der Waals surface area (Å²) in [6, 6.07) is 6.33. The topological polar surface area (TPSA) is 34.1 Å². The molecule has 0 bridgehead atoms. The van der Waals surface area contributed by atoms with Crippen LogP contribution in [0.5, 0.6) is 0 Å². The van der Waals surface area contributed by atoms with Gasteiger partial charge in [-0.15, -0.1) is 6.42 Å². The zero-order valence-electron chi connectivity index (χ0n) is 9.89. The Morgan fingerprint density at radius 2 is 1.94 bits per heavy atom. The quantitative estimate of drug-likeness (QED) is 0.716. The summed E-state index contributed by atoms with van der Waals surface area (Å²) in [4.78, 5) is 0.262. The molecule has 1 aromatic rings. The van der Waals surface area contributed by atoms with Gasteiger partial charge in [0.25, 0.3) is 0 Å². The Hall–Kier alpha value is -1.27. The third-order valence-electron chi connectivity index (χ3n) is 3.41. The van der Waals surface area contributed by atoms with Crippen molar-refractivity contribution in [2.45, 2.75) is 24.2 Å². The Kier molecular flexibility index (Phi) is 3.26. The van der Waals surface area contributed by atoms with Crippen molar-refractivity contribution in [1.29, 1.82) is 0 Å². The average Bonchev–Trinajstić information content (AvgIpc) is 2.85. The van der Waals surface area contributed by atoms with Crippen LogP contribution in [0.2, 0.25) is 0 Å². The normalized spacial score (nSPS) is 24.5. The maximum Gasteiger partial charge on any atom is 0.175 e. The Labute approximate surface area is 103 Å². The molecule has 3 rings (SSSR count). The van der Waals surface area contributed by atoms with Crippen LogP contribution < -0.4 is 0 Å². The standard InChI is InChI=1S/C9H8O2S.C5H8/c1-3-8-5-4-6-9(7-8)12(2,10)11;1-2-5-3-4(1)5/h1,4-7H,2H3;4-5H,1-3H2. The zero-order chi connectivity index (χ0) is 12.5. The van der Waals surface area contributed by atoms with Crippen LogP contribution in [0.25, 0.3) is 0 Å². The van der Waals surface area contributed by atoms with E-state index in [0.717, 1.165) is 6.26 Å². The molecule has 0 spiro atoms. The fourth-order valence-corrected chi connectivity index (χ4v) is 2.67. The van der Waals surface area contributed by atoms with E-state index in [1.165, 1.54) is 24.0 Å². The van der Waals surface area contributed by atoms with E-state index in [0.29, 0.717) is 5.56 Å². The highest BCUT2D eigenvalue weighted by atomic mass is 32.2. The Bertz CT molecular complexity index is 540. The van der Waals surface area contributed by atoms with E-state index in [1.54, 1.807) is 31.4 Å². The van der Waals surface area contributed by atoms with Crippen LogP contribution in [0.4, 0.5) is 0 Å². The van der Waals surface area contributed by atoms with Crippen LogP contribution in [0.3, 0.4) is 0 Å². The number of benzene rings is 1. The molecule has 0 heterocycles. The Morgan fingerprint density at radius 3 is 2.29 bits per heavy atom. The molecule has 1 aromatic carbocycles. The summed E-state index contributed by atoms with van der Waals surface area (Å²) in [5.41, 5.74) is 0.581. The highest BCUT2D eigenvalue weighted by Gasteiger charge is 2.44. The minimum Gasteiger partial charge on any atom is -0.224 e. The van der Waals surface area contributed by atoms with E-state index >= 15 is 0 Å². The number of terminal acetylenes is 1. The van der Waals surface area contributed by atoms with Gasteiger partial charge >= 0.3 is 0 Å². The number of hydrogen-bond donors (Lipinski definition) is 0. The molecule has 0 amide bonds. The first-order valence-corrected chi connectivity index (χ1v) is 7.66. The van der Waals surface area contributed by atoms with E-state index in [-0.39, 0.29) is 4.90 Å². The predicted molar refractivity (Wildman–Crippen MR) is 68.3 cm³/mol. The summed E-state index contributed by atoms with van der Waals surface area (Å²) in [6.45, 7) is 0. The third-order valence-corrected chi connectivity index (χ3v) is 4.52. The molecule has 0 N–H and O–H groups in total. The molecule has 2 aliphatic carbocycles. The second kappa shape index (κ2) is 4.54. The van der Waals surface area contributed by atoms with E-state index < -0.39 is 9.84 Å². The van der Waals surface area contributed by atoms with Gasteiger partial charge in [-0.3, -0.25) is 0 Å². The van der Waals surface area contributed by atoms with Crippen LogP contribution in [0, 0.1) is 24.2 Å². The van der Waals surface area contributed by atoms with Crippen molar-refractivity contribution in [3.05, 3.63) is 29.8 Å². The Balaban J connectivity index is 0.000000174. The number of fused-ring (bicyclic) bond motifs is 1. The molecule has 3 heteroatoms. The van der Waals surface area contributed by atoms with Gasteiger partial charge in [0.1, 0.15) is 0 Å². The van der Waals surface area contributed by atoms with Crippen molar-refractivity contribution >= 4 is 9.84 Å². The molecule has 2 aliphatic rings. The lowest BCUT2D eigenvalue weighted by atomic mass is 10.0. The molecule has 0 aliphatic heterocycles. The van der Waals surface area contributed by atoms with E-state index in [4.69, 9.17) is 6.42 Å². The molecule has 2 unspecified atom stereocenters. The zero-order valence-corrected chi connectivity index (χ0v) is 10.7. The van der Waals surface area contributed by atoms with Gasteiger partial charge in [-0.25, -0.2) is 8.42 Å². The first kappa shape index (κ1) is 12.2. The molecule has 0 saturated heterocycles. The summed E-state index contributed by atoms with van der Waals surface area (Å²) in [7, 11) is -3.13. The summed E-state index contributed by atoms with van der Waals surface area (Å²) in [5.74, 6) is 4.84. The molecule has 2 saturated carbocycles. The van der Waals surface area contributed by atoms with Gasteiger partial charge in [-0.05, 0) is 49.3 Å². The minimum atomic E-state index is -3.13. The molecule has 2 atom stereocenters. The largest absolute Gasteiger partial charge is 0.224 e. The lowest BCUT2D eigenvalue weighted by molar-refractivity contribution is 0.468. The summed E-state index contributed by atoms with van der Waals surface area (Å²) in [5, 5.41) is 0. The second-order valence-electron chi connectivity index (χ2n) is 4.78. The second-order valence-corrected chi connectivity index (χ2v) is 6.79. The highest BCUT2D eigenvalue weighted by Crippen LogP contribution is 2.55. The predicted octanol–water partition coefficient (Wildman–Crippen LogP) is 2.49. The van der Waals surface area contributed by atoms with Crippen LogP contribution in [0.15, 0.2) is 29.2 Å². The van der Waals surface area contributed by atoms with Gasteiger partial charge in [0.05, 0.1) is 4.90 Å². The fraction of sp³-hybridized carbons (Fsp3) is 0.429. The van der Waals surface area contributed by atoms with Gasteiger partial charge < -0.3 is 0 Å². The summed E-state index contributed by atoms with van der Waals surface area (Å²) in [6.07, 6.45) is 11.0. The molecular formula is C14H16O2S. The third kappa shape index (κ3) is 3.10. The molecule has 2 fully saturated rings. The van der Waals surface area contributed by atoms with E-state index in [1.807, 2.05) is 0 Å². The summed E-state index contributed by atoms with van der Waals surface area (Å²) < 4.78 is 22.1. The highest BCUT2D eigenvalue weighted by molar-refractivity contribution is 7.90. The maximum absolute atomic E-state index is 11.0. The van der Waals surface area contributed by atoms with Gasteiger partial charge in [0.2, 0.25) is 0 Å². The van der Waals surface area contributed by atoms with Crippen molar-refractivity contribution in [2.24, 2.45) is 11.8 Å². The number of hydrogen-bond acceptors (Lipinski definition) is 2. The molecule has 0 aromatic heterocycles. The van der Waals surface area contributed by atoms with Crippen molar-refractivity contribution < 1.29 is 8.42 Å². The minimum absolute atomic E-state index is 0.262. The van der Waals surface area contributed by atoms with Gasteiger partial charge in [0, 0.05) is 11.8 Å². The van der Waals surface area contributed by atoms with Crippen LogP contribution >= 0.6 is 0 Å². The molecule has 90 valence electrons. The van der Waals surface area contributed by atoms with Gasteiger partial charge in [-0.1, -0.05) is 12.0 Å².